The Kier molecular flexibility index (Phi) is 4.80. The Morgan fingerprint density at radius 1 is 1.21 bits per heavy atom. The molecular formula is C14H23NO4. The molecule has 2 aliphatic rings. The van der Waals surface area contributed by atoms with Crippen molar-refractivity contribution in [1.29, 1.82) is 0 Å². The highest BCUT2D eigenvalue weighted by atomic mass is 16.5. The molecule has 1 amide bonds. The van der Waals surface area contributed by atoms with Crippen LogP contribution in [0.15, 0.2) is 0 Å². The molecule has 0 aromatic rings. The standard InChI is InChI=1S/C14H23NO4/c16-12(15-10-11-3-7-19-8-4-11)9-14(13(17)18)5-1-2-6-14/h11H,1-10H2,(H,15,16)(H,17,18). The number of rotatable bonds is 5. The quantitative estimate of drug-likeness (QED) is 0.794. The van der Waals surface area contributed by atoms with Crippen molar-refractivity contribution in [2.24, 2.45) is 11.3 Å². The Balaban J connectivity index is 1.78. The van der Waals surface area contributed by atoms with Gasteiger partial charge in [-0.05, 0) is 31.6 Å². The van der Waals surface area contributed by atoms with E-state index in [0.717, 1.165) is 38.9 Å². The molecule has 2 fully saturated rings. The Morgan fingerprint density at radius 3 is 2.42 bits per heavy atom. The molecule has 108 valence electrons. The highest BCUT2D eigenvalue weighted by molar-refractivity contribution is 5.85. The average Bonchev–Trinajstić information content (AvgIpc) is 2.87. The van der Waals surface area contributed by atoms with Gasteiger partial charge in [-0.1, -0.05) is 12.8 Å². The zero-order valence-corrected chi connectivity index (χ0v) is 11.3. The summed E-state index contributed by atoms with van der Waals surface area (Å²) in [6, 6.07) is 0. The second kappa shape index (κ2) is 6.37. The van der Waals surface area contributed by atoms with Crippen LogP contribution in [-0.2, 0) is 14.3 Å². The smallest absolute Gasteiger partial charge is 0.310 e. The molecule has 2 N–H and O–H groups in total. The molecule has 0 aromatic carbocycles. The van der Waals surface area contributed by atoms with Crippen molar-refractivity contribution < 1.29 is 19.4 Å². The second-order valence-corrected chi connectivity index (χ2v) is 5.83. The first kappa shape index (κ1) is 14.3. The van der Waals surface area contributed by atoms with Gasteiger partial charge in [-0.15, -0.1) is 0 Å². The van der Waals surface area contributed by atoms with E-state index >= 15 is 0 Å². The lowest BCUT2D eigenvalue weighted by molar-refractivity contribution is -0.151. The number of carboxylic acids is 1. The van der Waals surface area contributed by atoms with Gasteiger partial charge in [0.1, 0.15) is 0 Å². The zero-order valence-electron chi connectivity index (χ0n) is 11.3. The molecule has 0 atom stereocenters. The van der Waals surface area contributed by atoms with Crippen LogP contribution in [-0.4, -0.2) is 36.7 Å². The topological polar surface area (TPSA) is 75.6 Å². The van der Waals surface area contributed by atoms with E-state index in [0.29, 0.717) is 25.3 Å². The van der Waals surface area contributed by atoms with Gasteiger partial charge in [-0.2, -0.15) is 0 Å². The number of nitrogens with one attached hydrogen (secondary N) is 1. The van der Waals surface area contributed by atoms with E-state index in [4.69, 9.17) is 4.74 Å². The van der Waals surface area contributed by atoms with E-state index < -0.39 is 11.4 Å². The molecule has 0 radical (unpaired) electrons. The Labute approximate surface area is 113 Å². The number of carbonyl (C=O) groups is 2. The summed E-state index contributed by atoms with van der Waals surface area (Å²) in [4.78, 5) is 23.3. The summed E-state index contributed by atoms with van der Waals surface area (Å²) in [6.07, 6.45) is 5.18. The van der Waals surface area contributed by atoms with E-state index in [1.54, 1.807) is 0 Å². The SMILES string of the molecule is O=C(CC1(C(=O)O)CCCC1)NCC1CCOCC1. The molecular weight excluding hydrogens is 246 g/mol. The molecule has 0 bridgehead atoms. The lowest BCUT2D eigenvalue weighted by atomic mass is 9.82. The molecule has 5 heteroatoms. The minimum atomic E-state index is -0.814. The summed E-state index contributed by atoms with van der Waals surface area (Å²) in [5.41, 5.74) is -0.806. The van der Waals surface area contributed by atoms with Crippen LogP contribution >= 0.6 is 0 Å². The molecule has 1 saturated heterocycles. The average molecular weight is 269 g/mol. The third kappa shape index (κ3) is 3.69. The summed E-state index contributed by atoms with van der Waals surface area (Å²) in [6.45, 7) is 2.18. The fourth-order valence-corrected chi connectivity index (χ4v) is 3.10. The minimum Gasteiger partial charge on any atom is -0.481 e. The minimum absolute atomic E-state index is 0.115. The highest BCUT2D eigenvalue weighted by Crippen LogP contribution is 2.41. The molecule has 1 aliphatic carbocycles. The first-order chi connectivity index (χ1) is 9.12. The van der Waals surface area contributed by atoms with Gasteiger partial charge in [-0.3, -0.25) is 9.59 Å². The largest absolute Gasteiger partial charge is 0.481 e. The third-order valence-corrected chi connectivity index (χ3v) is 4.44. The third-order valence-electron chi connectivity index (χ3n) is 4.44. The first-order valence-corrected chi connectivity index (χ1v) is 7.20. The summed E-state index contributed by atoms with van der Waals surface area (Å²) < 4.78 is 5.27. The number of amides is 1. The predicted octanol–water partition coefficient (Wildman–Crippen LogP) is 1.56. The van der Waals surface area contributed by atoms with Crippen LogP contribution in [0.3, 0.4) is 0 Å². The maximum absolute atomic E-state index is 11.9. The molecule has 0 spiro atoms. The summed E-state index contributed by atoms with van der Waals surface area (Å²) in [5.74, 6) is -0.455. The van der Waals surface area contributed by atoms with Crippen molar-refractivity contribution in [3.63, 3.8) is 0 Å². The summed E-state index contributed by atoms with van der Waals surface area (Å²) >= 11 is 0. The van der Waals surface area contributed by atoms with Gasteiger partial charge in [-0.25, -0.2) is 0 Å². The Hall–Kier alpha value is -1.10. The van der Waals surface area contributed by atoms with E-state index in [1.807, 2.05) is 0 Å². The molecule has 19 heavy (non-hydrogen) atoms. The highest BCUT2D eigenvalue weighted by Gasteiger charge is 2.42. The lowest BCUT2D eigenvalue weighted by Crippen LogP contribution is -2.38. The van der Waals surface area contributed by atoms with Crippen molar-refractivity contribution in [1.82, 2.24) is 5.32 Å². The van der Waals surface area contributed by atoms with Gasteiger partial charge in [0.05, 0.1) is 5.41 Å². The van der Waals surface area contributed by atoms with Crippen LogP contribution in [0, 0.1) is 11.3 Å². The molecule has 0 unspecified atom stereocenters. The molecule has 1 saturated carbocycles. The van der Waals surface area contributed by atoms with Gasteiger partial charge in [0.15, 0.2) is 0 Å². The molecule has 0 aromatic heterocycles. The fourth-order valence-electron chi connectivity index (χ4n) is 3.10. The van der Waals surface area contributed by atoms with Crippen LogP contribution in [0.25, 0.3) is 0 Å². The maximum Gasteiger partial charge on any atom is 0.310 e. The Morgan fingerprint density at radius 2 is 1.84 bits per heavy atom. The van der Waals surface area contributed by atoms with Crippen LogP contribution in [0.2, 0.25) is 0 Å². The first-order valence-electron chi connectivity index (χ1n) is 7.20. The number of carboxylic acid groups (broad SMARTS) is 1. The number of ether oxygens (including phenoxy) is 1. The van der Waals surface area contributed by atoms with E-state index in [-0.39, 0.29) is 12.3 Å². The Bertz CT molecular complexity index is 330. The van der Waals surface area contributed by atoms with Crippen molar-refractivity contribution in [3.8, 4) is 0 Å². The second-order valence-electron chi connectivity index (χ2n) is 5.83. The van der Waals surface area contributed by atoms with Crippen molar-refractivity contribution in [2.75, 3.05) is 19.8 Å². The number of hydrogen-bond donors (Lipinski definition) is 2. The van der Waals surface area contributed by atoms with Crippen LogP contribution < -0.4 is 5.32 Å². The van der Waals surface area contributed by atoms with Crippen LogP contribution in [0.1, 0.15) is 44.9 Å². The number of carbonyl (C=O) groups excluding carboxylic acids is 1. The van der Waals surface area contributed by atoms with E-state index in [2.05, 4.69) is 5.32 Å². The molecule has 5 nitrogen and oxygen atoms in total. The van der Waals surface area contributed by atoms with Crippen LogP contribution in [0.5, 0.6) is 0 Å². The molecule has 1 aliphatic heterocycles. The van der Waals surface area contributed by atoms with Gasteiger partial charge in [0, 0.05) is 26.2 Å². The van der Waals surface area contributed by atoms with E-state index in [1.165, 1.54) is 0 Å². The van der Waals surface area contributed by atoms with Crippen LogP contribution in [0.4, 0.5) is 0 Å². The summed E-state index contributed by atoms with van der Waals surface area (Å²) in [7, 11) is 0. The fraction of sp³-hybridized carbons (Fsp3) is 0.857. The molecule has 1 heterocycles. The van der Waals surface area contributed by atoms with Gasteiger partial charge in [0.25, 0.3) is 0 Å². The van der Waals surface area contributed by atoms with Gasteiger partial charge >= 0.3 is 5.97 Å². The monoisotopic (exact) mass is 269 g/mol. The summed E-state index contributed by atoms with van der Waals surface area (Å²) in [5, 5.41) is 12.2. The van der Waals surface area contributed by atoms with Crippen molar-refractivity contribution >= 4 is 11.9 Å². The van der Waals surface area contributed by atoms with Gasteiger partial charge in [0.2, 0.25) is 5.91 Å². The number of aliphatic carboxylic acids is 1. The zero-order chi connectivity index (χ0) is 13.7. The predicted molar refractivity (Wildman–Crippen MR) is 69.7 cm³/mol. The van der Waals surface area contributed by atoms with Gasteiger partial charge < -0.3 is 15.2 Å². The van der Waals surface area contributed by atoms with Crippen molar-refractivity contribution in [2.45, 2.75) is 44.9 Å². The van der Waals surface area contributed by atoms with E-state index in [9.17, 15) is 14.7 Å². The van der Waals surface area contributed by atoms with Crippen molar-refractivity contribution in [3.05, 3.63) is 0 Å². The number of hydrogen-bond acceptors (Lipinski definition) is 3. The maximum atomic E-state index is 11.9. The molecule has 2 rings (SSSR count). The lowest BCUT2D eigenvalue weighted by Gasteiger charge is -2.25. The normalized spacial score (nSPS) is 23.2.